The maximum atomic E-state index is 12.4. The number of imide groups is 1. The van der Waals surface area contributed by atoms with Gasteiger partial charge in [0.05, 0.1) is 0 Å². The molecule has 1 fully saturated rings. The number of carbonyl (C=O) groups is 3. The molecule has 0 aromatic heterocycles. The number of aryl methyl sites for hydroxylation is 1. The Morgan fingerprint density at radius 3 is 2.42 bits per heavy atom. The van der Waals surface area contributed by atoms with Gasteiger partial charge in [-0.15, -0.1) is 0 Å². The maximum absolute atomic E-state index is 12.4. The largest absolute Gasteiger partial charge is 0.329 e. The zero-order valence-corrected chi connectivity index (χ0v) is 14.7. The summed E-state index contributed by atoms with van der Waals surface area (Å²) in [6, 6.07) is 13.4. The molecule has 1 aliphatic rings. The Hall–Kier alpha value is -3.12. The molecular weight excluding hydrogens is 354 g/mol. The molecule has 1 heterocycles. The van der Waals surface area contributed by atoms with Crippen LogP contribution < -0.4 is 10.6 Å². The van der Waals surface area contributed by atoms with E-state index in [9.17, 15) is 14.4 Å². The number of benzene rings is 2. The van der Waals surface area contributed by atoms with Crippen LogP contribution >= 0.6 is 11.6 Å². The molecule has 0 saturated carbocycles. The second kappa shape index (κ2) is 7.41. The quantitative estimate of drug-likeness (QED) is 0.641. The van der Waals surface area contributed by atoms with Crippen molar-refractivity contribution in [2.75, 3.05) is 11.9 Å². The molecule has 0 unspecified atom stereocenters. The van der Waals surface area contributed by atoms with Gasteiger partial charge >= 0.3 is 6.03 Å². The Morgan fingerprint density at radius 2 is 1.77 bits per heavy atom. The molecule has 132 valence electrons. The highest BCUT2D eigenvalue weighted by atomic mass is 35.5. The predicted octanol–water partition coefficient (Wildman–Crippen LogP) is 3.18. The molecule has 0 bridgehead atoms. The van der Waals surface area contributed by atoms with Gasteiger partial charge in [-0.3, -0.25) is 9.59 Å². The van der Waals surface area contributed by atoms with Gasteiger partial charge in [0.25, 0.3) is 5.91 Å². The van der Waals surface area contributed by atoms with Gasteiger partial charge < -0.3 is 10.6 Å². The predicted molar refractivity (Wildman–Crippen MR) is 99.5 cm³/mol. The fraction of sp³-hybridized carbons (Fsp3) is 0.105. The molecule has 1 aliphatic heterocycles. The number of halogens is 1. The summed E-state index contributed by atoms with van der Waals surface area (Å²) >= 11 is 5.83. The van der Waals surface area contributed by atoms with E-state index in [-0.39, 0.29) is 12.2 Å². The van der Waals surface area contributed by atoms with Crippen molar-refractivity contribution in [1.82, 2.24) is 10.2 Å². The van der Waals surface area contributed by atoms with Crippen molar-refractivity contribution in [3.63, 3.8) is 0 Å². The normalized spacial score (nSPS) is 15.3. The van der Waals surface area contributed by atoms with Crippen molar-refractivity contribution in [2.45, 2.75) is 6.92 Å². The van der Waals surface area contributed by atoms with Crippen molar-refractivity contribution in [3.8, 4) is 0 Å². The number of urea groups is 1. The molecule has 2 N–H and O–H groups in total. The third-order valence-electron chi connectivity index (χ3n) is 3.78. The lowest BCUT2D eigenvalue weighted by Gasteiger charge is -2.12. The van der Waals surface area contributed by atoms with E-state index in [1.165, 1.54) is 6.08 Å². The van der Waals surface area contributed by atoms with Gasteiger partial charge in [-0.25, -0.2) is 9.69 Å². The first-order valence-corrected chi connectivity index (χ1v) is 8.27. The fourth-order valence-electron chi connectivity index (χ4n) is 2.42. The number of carbonyl (C=O) groups excluding carboxylic acids is 3. The van der Waals surface area contributed by atoms with Crippen LogP contribution in [0.4, 0.5) is 10.5 Å². The van der Waals surface area contributed by atoms with Gasteiger partial charge in [-0.05, 0) is 42.8 Å². The van der Waals surface area contributed by atoms with E-state index >= 15 is 0 Å². The number of rotatable bonds is 4. The second-order valence-electron chi connectivity index (χ2n) is 5.85. The Labute approximate surface area is 155 Å². The Balaban J connectivity index is 1.67. The maximum Gasteiger partial charge on any atom is 0.329 e. The van der Waals surface area contributed by atoms with Crippen LogP contribution in [-0.2, 0) is 9.59 Å². The van der Waals surface area contributed by atoms with Crippen LogP contribution in [0.15, 0.2) is 54.2 Å². The molecule has 6 nitrogen and oxygen atoms in total. The highest BCUT2D eigenvalue weighted by Crippen LogP contribution is 2.16. The van der Waals surface area contributed by atoms with Crippen molar-refractivity contribution in [1.29, 1.82) is 0 Å². The average molecular weight is 370 g/mol. The van der Waals surface area contributed by atoms with Crippen molar-refractivity contribution >= 4 is 41.2 Å². The van der Waals surface area contributed by atoms with Gasteiger partial charge in [-0.2, -0.15) is 0 Å². The molecule has 2 aromatic carbocycles. The molecule has 26 heavy (non-hydrogen) atoms. The lowest BCUT2D eigenvalue weighted by atomic mass is 10.2. The monoisotopic (exact) mass is 369 g/mol. The topological polar surface area (TPSA) is 78.5 Å². The number of amides is 4. The number of hydrogen-bond donors (Lipinski definition) is 2. The minimum absolute atomic E-state index is 0.112. The van der Waals surface area contributed by atoms with Gasteiger partial charge in [-0.1, -0.05) is 41.4 Å². The second-order valence-corrected chi connectivity index (χ2v) is 6.28. The third-order valence-corrected chi connectivity index (χ3v) is 4.03. The Bertz CT molecular complexity index is 889. The summed E-state index contributed by atoms with van der Waals surface area (Å²) in [5.41, 5.74) is 2.49. The smallest absolute Gasteiger partial charge is 0.325 e. The number of nitrogens with zero attached hydrogens (tertiary/aromatic N) is 1. The van der Waals surface area contributed by atoms with Crippen molar-refractivity contribution in [2.24, 2.45) is 0 Å². The Morgan fingerprint density at radius 1 is 1.12 bits per heavy atom. The SMILES string of the molecule is Cc1ccc(NC(=O)CN2C(=O)N/C(=C\c3ccc(Cl)cc3)C2=O)cc1. The summed E-state index contributed by atoms with van der Waals surface area (Å²) in [5.74, 6) is -1.01. The molecule has 0 spiro atoms. The van der Waals surface area contributed by atoms with Crippen LogP contribution in [0.5, 0.6) is 0 Å². The van der Waals surface area contributed by atoms with E-state index in [4.69, 9.17) is 11.6 Å². The minimum atomic E-state index is -0.630. The highest BCUT2D eigenvalue weighted by Gasteiger charge is 2.34. The number of anilines is 1. The van der Waals surface area contributed by atoms with E-state index in [0.29, 0.717) is 16.3 Å². The van der Waals surface area contributed by atoms with Crippen LogP contribution in [0, 0.1) is 6.92 Å². The van der Waals surface area contributed by atoms with E-state index in [2.05, 4.69) is 10.6 Å². The summed E-state index contributed by atoms with van der Waals surface area (Å²) in [5, 5.41) is 5.71. The third kappa shape index (κ3) is 4.10. The summed E-state index contributed by atoms with van der Waals surface area (Å²) < 4.78 is 0. The first kappa shape index (κ1) is 17.7. The lowest BCUT2D eigenvalue weighted by Crippen LogP contribution is -2.38. The van der Waals surface area contributed by atoms with E-state index in [0.717, 1.165) is 10.5 Å². The lowest BCUT2D eigenvalue weighted by molar-refractivity contribution is -0.127. The van der Waals surface area contributed by atoms with Gasteiger partial charge in [0.1, 0.15) is 12.2 Å². The molecular formula is C19H16ClN3O3. The van der Waals surface area contributed by atoms with Crippen LogP contribution in [0.3, 0.4) is 0 Å². The average Bonchev–Trinajstić information content (AvgIpc) is 2.86. The number of nitrogens with one attached hydrogen (secondary N) is 2. The fourth-order valence-corrected chi connectivity index (χ4v) is 2.55. The molecule has 7 heteroatoms. The first-order valence-electron chi connectivity index (χ1n) is 7.89. The van der Waals surface area contributed by atoms with Crippen LogP contribution in [0.25, 0.3) is 6.08 Å². The molecule has 3 rings (SSSR count). The highest BCUT2D eigenvalue weighted by molar-refractivity contribution is 6.30. The summed E-state index contributed by atoms with van der Waals surface area (Å²) in [6.07, 6.45) is 1.54. The summed E-state index contributed by atoms with van der Waals surface area (Å²) in [6.45, 7) is 1.57. The van der Waals surface area contributed by atoms with Gasteiger partial charge in [0, 0.05) is 10.7 Å². The molecule has 2 aromatic rings. The van der Waals surface area contributed by atoms with Gasteiger partial charge in [0.2, 0.25) is 5.91 Å². The van der Waals surface area contributed by atoms with Crippen molar-refractivity contribution in [3.05, 3.63) is 70.4 Å². The molecule has 1 saturated heterocycles. The van der Waals surface area contributed by atoms with E-state index < -0.39 is 17.8 Å². The molecule has 0 atom stereocenters. The minimum Gasteiger partial charge on any atom is -0.325 e. The molecule has 0 radical (unpaired) electrons. The summed E-state index contributed by atoms with van der Waals surface area (Å²) in [7, 11) is 0. The van der Waals surface area contributed by atoms with E-state index in [1.54, 1.807) is 36.4 Å². The van der Waals surface area contributed by atoms with Crippen LogP contribution in [-0.4, -0.2) is 29.3 Å². The van der Waals surface area contributed by atoms with Gasteiger partial charge in [0.15, 0.2) is 0 Å². The Kier molecular flexibility index (Phi) is 5.04. The molecule has 4 amide bonds. The zero-order chi connectivity index (χ0) is 18.7. The van der Waals surface area contributed by atoms with Crippen LogP contribution in [0.2, 0.25) is 5.02 Å². The standard InChI is InChI=1S/C19H16ClN3O3/c1-12-2-8-15(9-3-12)21-17(24)11-23-18(25)16(22-19(23)26)10-13-4-6-14(20)7-5-13/h2-10H,11H2,1H3,(H,21,24)(H,22,26)/b16-10-. The first-order chi connectivity index (χ1) is 12.4. The number of hydrogen-bond acceptors (Lipinski definition) is 3. The van der Waals surface area contributed by atoms with Crippen LogP contribution in [0.1, 0.15) is 11.1 Å². The molecule has 0 aliphatic carbocycles. The van der Waals surface area contributed by atoms with E-state index in [1.807, 2.05) is 19.1 Å². The zero-order valence-electron chi connectivity index (χ0n) is 14.0. The summed E-state index contributed by atoms with van der Waals surface area (Å²) in [4.78, 5) is 37.4. The van der Waals surface area contributed by atoms with Crippen molar-refractivity contribution < 1.29 is 14.4 Å².